The molecule has 7 nitrogen and oxygen atoms in total. The van der Waals surface area contributed by atoms with Crippen LogP contribution in [-0.4, -0.2) is 53.3 Å². The first-order chi connectivity index (χ1) is 14.5. The molecule has 1 aromatic carbocycles. The summed E-state index contributed by atoms with van der Waals surface area (Å²) in [5, 5.41) is 0. The minimum absolute atomic E-state index is 0.0500. The first kappa shape index (κ1) is 20.9. The van der Waals surface area contributed by atoms with Gasteiger partial charge in [0.25, 0.3) is 0 Å². The van der Waals surface area contributed by atoms with Gasteiger partial charge in [0.2, 0.25) is 5.91 Å². The van der Waals surface area contributed by atoms with Crippen molar-refractivity contribution in [1.82, 2.24) is 14.5 Å². The van der Waals surface area contributed by atoms with Crippen LogP contribution in [0.5, 0.6) is 5.75 Å². The zero-order chi connectivity index (χ0) is 21.1. The van der Waals surface area contributed by atoms with Crippen LogP contribution in [-0.2, 0) is 22.6 Å². The maximum atomic E-state index is 12.6. The number of piperidine rings is 1. The Hall–Kier alpha value is -2.38. The zero-order valence-corrected chi connectivity index (χ0v) is 18.0. The highest BCUT2D eigenvalue weighted by Crippen LogP contribution is 2.44. The number of carbonyl (C=O) groups excluding carboxylic acids is 1. The molecular weight excluding hydrogens is 380 g/mol. The SMILES string of the molecule is COc1ccc(CN2CCCC3(CCOCC3)C2C(N)=O)cc1Cn1ccnc1C. The van der Waals surface area contributed by atoms with E-state index >= 15 is 0 Å². The average Bonchev–Trinajstić information content (AvgIpc) is 3.13. The molecule has 0 aliphatic carbocycles. The number of imidazole rings is 1. The molecule has 2 N–H and O–H groups in total. The van der Waals surface area contributed by atoms with Gasteiger partial charge in [-0.1, -0.05) is 6.07 Å². The summed E-state index contributed by atoms with van der Waals surface area (Å²) in [6.45, 7) is 5.72. The fourth-order valence-electron chi connectivity index (χ4n) is 5.28. The van der Waals surface area contributed by atoms with Gasteiger partial charge < -0.3 is 19.8 Å². The Morgan fingerprint density at radius 3 is 2.77 bits per heavy atom. The smallest absolute Gasteiger partial charge is 0.235 e. The van der Waals surface area contributed by atoms with Gasteiger partial charge in [0.05, 0.1) is 19.7 Å². The Bertz CT molecular complexity index is 883. The summed E-state index contributed by atoms with van der Waals surface area (Å²) >= 11 is 0. The van der Waals surface area contributed by atoms with Gasteiger partial charge in [-0.2, -0.15) is 0 Å². The highest BCUT2D eigenvalue weighted by molar-refractivity contribution is 5.81. The maximum absolute atomic E-state index is 12.6. The molecule has 2 aromatic rings. The van der Waals surface area contributed by atoms with Gasteiger partial charge in [0, 0.05) is 37.7 Å². The summed E-state index contributed by atoms with van der Waals surface area (Å²) in [6, 6.07) is 6.05. The summed E-state index contributed by atoms with van der Waals surface area (Å²) < 4.78 is 13.3. The Labute approximate surface area is 178 Å². The van der Waals surface area contributed by atoms with Crippen LogP contribution in [0, 0.1) is 12.3 Å². The normalized spacial score (nSPS) is 21.6. The average molecular weight is 413 g/mol. The zero-order valence-electron chi connectivity index (χ0n) is 18.0. The molecule has 162 valence electrons. The summed E-state index contributed by atoms with van der Waals surface area (Å²) in [5.74, 6) is 1.62. The van der Waals surface area contributed by atoms with Crippen LogP contribution >= 0.6 is 0 Å². The summed E-state index contributed by atoms with van der Waals surface area (Å²) in [5.41, 5.74) is 8.16. The molecule has 4 rings (SSSR count). The summed E-state index contributed by atoms with van der Waals surface area (Å²) in [4.78, 5) is 19.2. The number of aryl methyl sites for hydroxylation is 1. The number of carbonyl (C=O) groups is 1. The number of likely N-dealkylation sites (tertiary alicyclic amines) is 1. The molecule has 2 fully saturated rings. The molecule has 0 bridgehead atoms. The number of methoxy groups -OCH3 is 1. The third-order valence-corrected chi connectivity index (χ3v) is 6.82. The van der Waals surface area contributed by atoms with Crippen molar-refractivity contribution >= 4 is 5.91 Å². The minimum Gasteiger partial charge on any atom is -0.496 e. The monoisotopic (exact) mass is 412 g/mol. The van der Waals surface area contributed by atoms with E-state index in [1.807, 2.05) is 25.4 Å². The summed E-state index contributed by atoms with van der Waals surface area (Å²) in [6.07, 6.45) is 7.74. The maximum Gasteiger partial charge on any atom is 0.235 e. The van der Waals surface area contributed by atoms with E-state index in [4.69, 9.17) is 15.2 Å². The molecule has 3 heterocycles. The van der Waals surface area contributed by atoms with Crippen LogP contribution in [0.3, 0.4) is 0 Å². The van der Waals surface area contributed by atoms with Gasteiger partial charge in [0.15, 0.2) is 0 Å². The van der Waals surface area contributed by atoms with E-state index in [1.54, 1.807) is 7.11 Å². The van der Waals surface area contributed by atoms with Crippen LogP contribution in [0.1, 0.15) is 42.6 Å². The van der Waals surface area contributed by atoms with E-state index < -0.39 is 0 Å². The van der Waals surface area contributed by atoms with Crippen LogP contribution in [0.25, 0.3) is 0 Å². The second kappa shape index (κ2) is 8.78. The number of hydrogen-bond donors (Lipinski definition) is 1. The number of primary amides is 1. The van der Waals surface area contributed by atoms with E-state index in [1.165, 1.54) is 5.56 Å². The van der Waals surface area contributed by atoms with Crippen molar-refractivity contribution in [2.75, 3.05) is 26.9 Å². The lowest BCUT2D eigenvalue weighted by atomic mass is 9.67. The van der Waals surface area contributed by atoms with Crippen molar-refractivity contribution in [3.05, 3.63) is 47.5 Å². The van der Waals surface area contributed by atoms with E-state index in [0.717, 1.165) is 49.4 Å². The number of benzene rings is 1. The first-order valence-corrected chi connectivity index (χ1v) is 10.8. The van der Waals surface area contributed by atoms with Crippen LogP contribution in [0.4, 0.5) is 0 Å². The molecule has 7 heteroatoms. The molecule has 1 amide bonds. The number of nitrogens with two attached hydrogens (primary N) is 1. The number of aromatic nitrogens is 2. The van der Waals surface area contributed by atoms with E-state index in [2.05, 4.69) is 26.6 Å². The Balaban J connectivity index is 1.58. The number of ether oxygens (including phenoxy) is 2. The lowest BCUT2D eigenvalue weighted by molar-refractivity contribution is -0.138. The third kappa shape index (κ3) is 4.09. The largest absolute Gasteiger partial charge is 0.496 e. The quantitative estimate of drug-likeness (QED) is 0.788. The van der Waals surface area contributed by atoms with Gasteiger partial charge in [-0.15, -0.1) is 0 Å². The van der Waals surface area contributed by atoms with Crippen molar-refractivity contribution in [2.24, 2.45) is 11.1 Å². The highest BCUT2D eigenvalue weighted by atomic mass is 16.5. The highest BCUT2D eigenvalue weighted by Gasteiger charge is 2.48. The Morgan fingerprint density at radius 1 is 1.30 bits per heavy atom. The van der Waals surface area contributed by atoms with Crippen molar-refractivity contribution in [3.63, 3.8) is 0 Å². The van der Waals surface area contributed by atoms with E-state index in [-0.39, 0.29) is 17.4 Å². The molecule has 2 aliphatic heterocycles. The lowest BCUT2D eigenvalue weighted by Gasteiger charge is -2.50. The van der Waals surface area contributed by atoms with Crippen molar-refractivity contribution in [2.45, 2.75) is 51.7 Å². The molecule has 1 atom stereocenters. The minimum atomic E-state index is -0.239. The molecule has 1 spiro atoms. The van der Waals surface area contributed by atoms with Gasteiger partial charge in [-0.05, 0) is 62.3 Å². The number of hydrogen-bond acceptors (Lipinski definition) is 5. The van der Waals surface area contributed by atoms with Gasteiger partial charge in [-0.25, -0.2) is 4.98 Å². The van der Waals surface area contributed by atoms with Gasteiger partial charge in [0.1, 0.15) is 11.6 Å². The van der Waals surface area contributed by atoms with E-state index in [0.29, 0.717) is 26.3 Å². The van der Waals surface area contributed by atoms with Crippen LogP contribution < -0.4 is 10.5 Å². The molecule has 30 heavy (non-hydrogen) atoms. The predicted octanol–water partition coefficient (Wildman–Crippen LogP) is 2.49. The standard InChI is InChI=1S/C23H32N4O3/c1-17-25-9-11-26(17)16-19-14-18(4-5-20(19)29-2)15-27-10-3-6-23(21(27)22(24)28)7-12-30-13-8-23/h4-5,9,11,14,21H,3,6-8,10,12-13,15-16H2,1-2H3,(H2,24,28). The predicted molar refractivity (Wildman–Crippen MR) is 114 cm³/mol. The fraction of sp³-hybridized carbons (Fsp3) is 0.565. The number of amides is 1. The fourth-order valence-corrected chi connectivity index (χ4v) is 5.28. The molecule has 1 aromatic heterocycles. The van der Waals surface area contributed by atoms with Crippen molar-refractivity contribution in [3.8, 4) is 5.75 Å². The Kier molecular flexibility index (Phi) is 6.11. The van der Waals surface area contributed by atoms with Crippen LogP contribution in [0.15, 0.2) is 30.6 Å². The molecule has 2 aliphatic rings. The second-order valence-electron chi connectivity index (χ2n) is 8.60. The van der Waals surface area contributed by atoms with Gasteiger partial charge >= 0.3 is 0 Å². The van der Waals surface area contributed by atoms with E-state index in [9.17, 15) is 4.79 Å². The summed E-state index contributed by atoms with van der Waals surface area (Å²) in [7, 11) is 1.70. The van der Waals surface area contributed by atoms with Gasteiger partial charge in [-0.3, -0.25) is 9.69 Å². The Morgan fingerprint density at radius 2 is 2.10 bits per heavy atom. The molecule has 2 saturated heterocycles. The van der Waals surface area contributed by atoms with Crippen LogP contribution in [0.2, 0.25) is 0 Å². The van der Waals surface area contributed by atoms with Crippen molar-refractivity contribution < 1.29 is 14.3 Å². The topological polar surface area (TPSA) is 82.6 Å². The number of rotatable bonds is 6. The first-order valence-electron chi connectivity index (χ1n) is 10.8. The molecular formula is C23H32N4O3. The molecule has 0 radical (unpaired) electrons. The number of nitrogens with zero attached hydrogens (tertiary/aromatic N) is 3. The second-order valence-corrected chi connectivity index (χ2v) is 8.60. The molecule has 0 saturated carbocycles. The third-order valence-electron chi connectivity index (χ3n) is 6.82. The van der Waals surface area contributed by atoms with Crippen molar-refractivity contribution in [1.29, 1.82) is 0 Å². The molecule has 1 unspecified atom stereocenters. The lowest BCUT2D eigenvalue weighted by Crippen LogP contribution is -2.59.